The van der Waals surface area contributed by atoms with Gasteiger partial charge >= 0.3 is 5.97 Å². The number of rotatable bonds is 8. The Morgan fingerprint density at radius 2 is 2.17 bits per heavy atom. The van der Waals surface area contributed by atoms with E-state index < -0.39 is 12.1 Å². The van der Waals surface area contributed by atoms with Crippen molar-refractivity contribution in [1.29, 1.82) is 0 Å². The summed E-state index contributed by atoms with van der Waals surface area (Å²) in [7, 11) is 0. The van der Waals surface area contributed by atoms with Crippen molar-refractivity contribution in [3.63, 3.8) is 0 Å². The van der Waals surface area contributed by atoms with Crippen molar-refractivity contribution in [3.05, 3.63) is 70.8 Å². The lowest BCUT2D eigenvalue weighted by Crippen LogP contribution is -2.50. The number of benzene rings is 2. The summed E-state index contributed by atoms with van der Waals surface area (Å²) in [6, 6.07) is 11.3. The van der Waals surface area contributed by atoms with E-state index in [2.05, 4.69) is 23.6 Å². The van der Waals surface area contributed by atoms with Gasteiger partial charge in [0.05, 0.1) is 37.2 Å². The lowest BCUT2D eigenvalue weighted by molar-refractivity contribution is -0.0367. The van der Waals surface area contributed by atoms with Crippen LogP contribution in [0.2, 0.25) is 5.02 Å². The van der Waals surface area contributed by atoms with Crippen molar-refractivity contribution in [2.24, 2.45) is 11.8 Å². The van der Waals surface area contributed by atoms with Crippen LogP contribution in [0.1, 0.15) is 47.2 Å². The SMILES string of the molecule is C=CCOC[C@H](O)[C@@H]1CC[C@H]1CN1CC2(CCCc3cc(Cl)ccc32)COc2ccc(C(=O)O)cc21. The Morgan fingerprint density at radius 1 is 1.31 bits per heavy atom. The van der Waals surface area contributed by atoms with E-state index in [4.69, 9.17) is 21.1 Å². The van der Waals surface area contributed by atoms with Crippen LogP contribution in [0.25, 0.3) is 0 Å². The van der Waals surface area contributed by atoms with E-state index in [9.17, 15) is 15.0 Å². The van der Waals surface area contributed by atoms with Crippen LogP contribution in [-0.4, -0.2) is 55.2 Å². The number of halogens is 1. The van der Waals surface area contributed by atoms with Crippen molar-refractivity contribution >= 4 is 23.3 Å². The summed E-state index contributed by atoms with van der Waals surface area (Å²) in [5, 5.41) is 21.2. The molecule has 36 heavy (non-hydrogen) atoms. The van der Waals surface area contributed by atoms with Gasteiger partial charge in [0.25, 0.3) is 0 Å². The highest BCUT2D eigenvalue weighted by Gasteiger charge is 2.44. The van der Waals surface area contributed by atoms with Gasteiger partial charge in [-0.25, -0.2) is 4.79 Å². The maximum absolute atomic E-state index is 11.8. The molecule has 1 unspecified atom stereocenters. The van der Waals surface area contributed by atoms with E-state index in [1.54, 1.807) is 24.3 Å². The molecule has 1 heterocycles. The van der Waals surface area contributed by atoms with Crippen molar-refractivity contribution in [3.8, 4) is 5.75 Å². The summed E-state index contributed by atoms with van der Waals surface area (Å²) >= 11 is 6.33. The molecular formula is C29H34ClNO5. The molecule has 2 N–H and O–H groups in total. The molecule has 3 aliphatic rings. The topological polar surface area (TPSA) is 79.2 Å². The van der Waals surface area contributed by atoms with Gasteiger partial charge in [0, 0.05) is 23.5 Å². The van der Waals surface area contributed by atoms with E-state index in [0.29, 0.717) is 25.6 Å². The molecule has 4 atom stereocenters. The number of fused-ring (bicyclic) bond motifs is 3. The summed E-state index contributed by atoms with van der Waals surface area (Å²) in [5.74, 6) is 0.199. The van der Waals surface area contributed by atoms with Crippen LogP contribution in [0.5, 0.6) is 5.75 Å². The lowest BCUT2D eigenvalue weighted by atomic mass is 9.68. The number of carboxylic acid groups (broad SMARTS) is 1. The van der Waals surface area contributed by atoms with Crippen LogP contribution in [0.4, 0.5) is 5.69 Å². The first-order chi connectivity index (χ1) is 17.4. The van der Waals surface area contributed by atoms with Crippen molar-refractivity contribution in [2.45, 2.75) is 43.6 Å². The monoisotopic (exact) mass is 511 g/mol. The number of aliphatic hydroxyl groups excluding tert-OH is 1. The number of aromatic carboxylic acids is 1. The molecule has 1 saturated carbocycles. The summed E-state index contributed by atoms with van der Waals surface area (Å²) < 4.78 is 11.9. The largest absolute Gasteiger partial charge is 0.490 e. The number of anilines is 1. The van der Waals surface area contributed by atoms with Gasteiger partial charge < -0.3 is 24.6 Å². The smallest absolute Gasteiger partial charge is 0.335 e. The maximum Gasteiger partial charge on any atom is 0.335 e. The molecule has 1 aliphatic heterocycles. The lowest BCUT2D eigenvalue weighted by Gasteiger charge is -2.45. The first-order valence-corrected chi connectivity index (χ1v) is 13.2. The standard InChI is InChI=1S/C29H34ClNO5/c1-2-12-35-16-26(32)23-8-5-21(23)15-31-17-29(11-3-4-19-13-22(30)7-9-24(19)29)18-36-27-10-6-20(28(33)34)14-25(27)31/h2,6-7,9-10,13-14,21,23,26,32H,1,3-5,8,11-12,15-18H2,(H,33,34)/t21-,23+,26-,29?/m0/s1. The minimum absolute atomic E-state index is 0.151. The fourth-order valence-electron chi connectivity index (χ4n) is 6.25. The Morgan fingerprint density at radius 3 is 2.92 bits per heavy atom. The van der Waals surface area contributed by atoms with Crippen LogP contribution < -0.4 is 9.64 Å². The first-order valence-electron chi connectivity index (χ1n) is 12.8. The highest BCUT2D eigenvalue weighted by molar-refractivity contribution is 6.30. The molecule has 6 nitrogen and oxygen atoms in total. The van der Waals surface area contributed by atoms with E-state index in [-0.39, 0.29) is 22.8 Å². The van der Waals surface area contributed by atoms with Crippen molar-refractivity contribution in [1.82, 2.24) is 0 Å². The van der Waals surface area contributed by atoms with Crippen LogP contribution in [0, 0.1) is 11.8 Å². The highest BCUT2D eigenvalue weighted by atomic mass is 35.5. The van der Waals surface area contributed by atoms with Gasteiger partial charge in [0.15, 0.2) is 0 Å². The molecule has 0 bridgehead atoms. The minimum Gasteiger partial charge on any atom is -0.490 e. The van der Waals surface area contributed by atoms with E-state index in [0.717, 1.165) is 55.9 Å². The molecule has 2 aliphatic carbocycles. The van der Waals surface area contributed by atoms with E-state index in [1.165, 1.54) is 11.1 Å². The zero-order valence-electron chi connectivity index (χ0n) is 20.5. The predicted octanol–water partition coefficient (Wildman–Crippen LogP) is 5.10. The summed E-state index contributed by atoms with van der Waals surface area (Å²) in [6.07, 6.45) is 6.18. The first kappa shape index (κ1) is 25.1. The third-order valence-corrected chi connectivity index (χ3v) is 8.47. The van der Waals surface area contributed by atoms with Gasteiger partial charge in [-0.1, -0.05) is 23.7 Å². The Bertz CT molecular complexity index is 1140. The molecule has 0 aromatic heterocycles. The second-order valence-corrected chi connectivity index (χ2v) is 10.9. The molecule has 5 rings (SSSR count). The van der Waals surface area contributed by atoms with Crippen molar-refractivity contribution in [2.75, 3.05) is 37.8 Å². The number of aryl methyl sites for hydroxylation is 1. The minimum atomic E-state index is -0.953. The Balaban J connectivity index is 1.47. The maximum atomic E-state index is 11.8. The van der Waals surface area contributed by atoms with Crippen molar-refractivity contribution < 1.29 is 24.5 Å². The van der Waals surface area contributed by atoms with Gasteiger partial charge in [-0.15, -0.1) is 6.58 Å². The summed E-state index contributed by atoms with van der Waals surface area (Å²) in [5.41, 5.74) is 3.39. The van der Waals surface area contributed by atoms with Gasteiger partial charge in [-0.2, -0.15) is 0 Å². The average Bonchev–Trinajstić information content (AvgIpc) is 2.99. The van der Waals surface area contributed by atoms with Gasteiger partial charge in [-0.05, 0) is 85.4 Å². The number of ether oxygens (including phenoxy) is 2. The van der Waals surface area contributed by atoms with E-state index >= 15 is 0 Å². The van der Waals surface area contributed by atoms with Gasteiger partial charge in [0.2, 0.25) is 0 Å². The quantitative estimate of drug-likeness (QED) is 0.379. The number of carbonyl (C=O) groups is 1. The Hall–Kier alpha value is -2.54. The summed E-state index contributed by atoms with van der Waals surface area (Å²) in [4.78, 5) is 14.1. The average molecular weight is 512 g/mol. The Labute approximate surface area is 217 Å². The fraction of sp³-hybridized carbons (Fsp3) is 0.483. The number of hydrogen-bond acceptors (Lipinski definition) is 5. The molecule has 7 heteroatoms. The zero-order valence-corrected chi connectivity index (χ0v) is 21.3. The van der Waals surface area contributed by atoms with Crippen LogP contribution >= 0.6 is 11.6 Å². The molecule has 2 aromatic carbocycles. The number of aliphatic hydroxyl groups is 1. The normalized spacial score (nSPS) is 25.7. The molecule has 0 saturated heterocycles. The second-order valence-electron chi connectivity index (χ2n) is 10.5. The summed E-state index contributed by atoms with van der Waals surface area (Å²) in [6.45, 7) is 6.38. The molecule has 2 aromatic rings. The van der Waals surface area contributed by atoms with Crippen LogP contribution in [0.3, 0.4) is 0 Å². The molecular weight excluding hydrogens is 478 g/mol. The Kier molecular flexibility index (Phi) is 7.29. The van der Waals surface area contributed by atoms with Crippen LogP contribution in [0.15, 0.2) is 49.1 Å². The third-order valence-electron chi connectivity index (χ3n) is 8.23. The van der Waals surface area contributed by atoms with Gasteiger partial charge in [-0.3, -0.25) is 0 Å². The second kappa shape index (κ2) is 10.4. The fourth-order valence-corrected chi connectivity index (χ4v) is 6.45. The number of hydrogen-bond donors (Lipinski definition) is 2. The highest BCUT2D eigenvalue weighted by Crippen LogP contribution is 2.46. The molecule has 1 spiro atoms. The predicted molar refractivity (Wildman–Crippen MR) is 140 cm³/mol. The van der Waals surface area contributed by atoms with Gasteiger partial charge in [0.1, 0.15) is 5.75 Å². The number of nitrogens with zero attached hydrogens (tertiary/aromatic N) is 1. The van der Waals surface area contributed by atoms with Crippen LogP contribution in [-0.2, 0) is 16.6 Å². The molecule has 0 radical (unpaired) electrons. The van der Waals surface area contributed by atoms with E-state index in [1.807, 2.05) is 6.07 Å². The molecule has 192 valence electrons. The number of carboxylic acids is 1. The zero-order chi connectivity index (χ0) is 25.3. The molecule has 1 fully saturated rings. The third kappa shape index (κ3) is 4.86. The molecule has 0 amide bonds.